The third kappa shape index (κ3) is 4.25. The molecule has 0 aromatic heterocycles. The number of fused-ring (bicyclic) bond motifs is 1. The number of halogens is 3. The molecule has 0 aliphatic carbocycles. The summed E-state index contributed by atoms with van der Waals surface area (Å²) in [4.78, 5) is 15.7. The molecule has 2 aromatic rings. The number of amides is 1. The lowest BCUT2D eigenvalue weighted by Gasteiger charge is -2.44. The molecular weight excluding hydrogens is 357 g/mol. The summed E-state index contributed by atoms with van der Waals surface area (Å²) in [5.74, 6) is -0.264. The van der Waals surface area contributed by atoms with E-state index in [0.717, 1.165) is 17.0 Å². The standard InChI is InChI=1S/C20H23F3N2O2/c1-13-9-24(19(27)12-26)10-14(2)25(13)11-15-3-4-17-8-18(20(21,22)23)6-5-16(17)7-15/h3-8,13-14,26H,9-12H2,1-2H3/t13-,14+. The van der Waals surface area contributed by atoms with E-state index in [1.165, 1.54) is 12.1 Å². The molecule has 0 spiro atoms. The van der Waals surface area contributed by atoms with Gasteiger partial charge in [-0.25, -0.2) is 0 Å². The average Bonchev–Trinajstić information content (AvgIpc) is 2.62. The van der Waals surface area contributed by atoms with Gasteiger partial charge in [-0.1, -0.05) is 18.2 Å². The molecule has 1 heterocycles. The topological polar surface area (TPSA) is 43.8 Å². The molecule has 1 aliphatic heterocycles. The van der Waals surface area contributed by atoms with Crippen LogP contribution in [0.15, 0.2) is 36.4 Å². The third-order valence-electron chi connectivity index (χ3n) is 5.19. The predicted octanol–water partition coefficient (Wildman–Crippen LogP) is 3.27. The molecule has 3 rings (SSSR count). The van der Waals surface area contributed by atoms with Gasteiger partial charge in [0.15, 0.2) is 0 Å². The number of carbonyl (C=O) groups is 1. The third-order valence-corrected chi connectivity index (χ3v) is 5.19. The normalized spacial score (nSPS) is 21.6. The van der Waals surface area contributed by atoms with Crippen LogP contribution in [0.25, 0.3) is 10.8 Å². The van der Waals surface area contributed by atoms with Gasteiger partial charge >= 0.3 is 6.18 Å². The Morgan fingerprint density at radius 3 is 2.26 bits per heavy atom. The number of piperazine rings is 1. The fourth-order valence-electron chi connectivity index (χ4n) is 3.75. The maximum atomic E-state index is 12.9. The van der Waals surface area contributed by atoms with Gasteiger partial charge in [-0.05, 0) is 48.4 Å². The molecule has 0 radical (unpaired) electrons. The van der Waals surface area contributed by atoms with Crippen LogP contribution in [0.3, 0.4) is 0 Å². The van der Waals surface area contributed by atoms with Crippen molar-refractivity contribution in [2.24, 2.45) is 0 Å². The first kappa shape index (κ1) is 19.6. The summed E-state index contributed by atoms with van der Waals surface area (Å²) in [7, 11) is 0. The van der Waals surface area contributed by atoms with E-state index in [1.54, 1.807) is 11.0 Å². The number of benzene rings is 2. The van der Waals surface area contributed by atoms with E-state index in [9.17, 15) is 18.0 Å². The second kappa shape index (κ2) is 7.48. The first-order valence-corrected chi connectivity index (χ1v) is 8.93. The fourth-order valence-corrected chi connectivity index (χ4v) is 3.75. The number of alkyl halides is 3. The Morgan fingerprint density at radius 2 is 1.67 bits per heavy atom. The molecule has 4 nitrogen and oxygen atoms in total. The molecule has 1 aliphatic rings. The van der Waals surface area contributed by atoms with Gasteiger partial charge < -0.3 is 10.0 Å². The molecular formula is C20H23F3N2O2. The number of aliphatic hydroxyl groups is 1. The Labute approximate surface area is 156 Å². The Bertz CT molecular complexity index is 826. The van der Waals surface area contributed by atoms with Crippen molar-refractivity contribution in [3.8, 4) is 0 Å². The van der Waals surface area contributed by atoms with Crippen LogP contribution in [0.5, 0.6) is 0 Å². The quantitative estimate of drug-likeness (QED) is 0.889. The lowest BCUT2D eigenvalue weighted by atomic mass is 10.0. The molecule has 0 unspecified atom stereocenters. The highest BCUT2D eigenvalue weighted by molar-refractivity contribution is 5.84. The van der Waals surface area contributed by atoms with Gasteiger partial charge in [0.1, 0.15) is 6.61 Å². The Hall–Kier alpha value is -2.12. The first-order valence-electron chi connectivity index (χ1n) is 8.93. The van der Waals surface area contributed by atoms with E-state index in [4.69, 9.17) is 5.11 Å². The van der Waals surface area contributed by atoms with E-state index < -0.39 is 18.3 Å². The minimum absolute atomic E-state index is 0.118. The number of rotatable bonds is 3. The second-order valence-corrected chi connectivity index (χ2v) is 7.22. The summed E-state index contributed by atoms with van der Waals surface area (Å²) < 4.78 is 38.6. The number of hydrogen-bond donors (Lipinski definition) is 1. The molecule has 1 amide bonds. The zero-order chi connectivity index (χ0) is 19.8. The van der Waals surface area contributed by atoms with Crippen LogP contribution in [0, 0.1) is 0 Å². The average molecular weight is 380 g/mol. The molecule has 27 heavy (non-hydrogen) atoms. The van der Waals surface area contributed by atoms with Crippen LogP contribution >= 0.6 is 0 Å². The van der Waals surface area contributed by atoms with Gasteiger partial charge in [-0.3, -0.25) is 9.69 Å². The maximum absolute atomic E-state index is 12.9. The number of carbonyl (C=O) groups excluding carboxylic acids is 1. The smallest absolute Gasteiger partial charge is 0.387 e. The highest BCUT2D eigenvalue weighted by Gasteiger charge is 2.32. The minimum atomic E-state index is -4.34. The summed E-state index contributed by atoms with van der Waals surface area (Å²) in [6.07, 6.45) is -4.34. The molecule has 1 N–H and O–H groups in total. The molecule has 7 heteroatoms. The second-order valence-electron chi connectivity index (χ2n) is 7.22. The number of nitrogens with zero attached hydrogens (tertiary/aromatic N) is 2. The summed E-state index contributed by atoms with van der Waals surface area (Å²) in [5, 5.41) is 10.4. The summed E-state index contributed by atoms with van der Waals surface area (Å²) in [5.41, 5.74) is 0.373. The van der Waals surface area contributed by atoms with Crippen LogP contribution in [0.2, 0.25) is 0 Å². The lowest BCUT2D eigenvalue weighted by Crippen LogP contribution is -2.58. The van der Waals surface area contributed by atoms with Crippen molar-refractivity contribution < 1.29 is 23.1 Å². The summed E-state index contributed by atoms with van der Waals surface area (Å²) in [6.45, 7) is 5.33. The zero-order valence-electron chi connectivity index (χ0n) is 15.3. The molecule has 1 fully saturated rings. The van der Waals surface area contributed by atoms with Crippen LogP contribution < -0.4 is 0 Å². The number of aliphatic hydroxyl groups excluding tert-OH is 1. The minimum Gasteiger partial charge on any atom is -0.387 e. The van der Waals surface area contributed by atoms with E-state index in [1.807, 2.05) is 26.0 Å². The molecule has 2 aromatic carbocycles. The van der Waals surface area contributed by atoms with Crippen molar-refractivity contribution in [2.45, 2.75) is 38.7 Å². The first-order chi connectivity index (χ1) is 12.7. The highest BCUT2D eigenvalue weighted by Crippen LogP contribution is 2.32. The van der Waals surface area contributed by atoms with Crippen LogP contribution in [-0.4, -0.2) is 52.6 Å². The van der Waals surface area contributed by atoms with Gasteiger partial charge in [-0.15, -0.1) is 0 Å². The Morgan fingerprint density at radius 1 is 1.07 bits per heavy atom. The van der Waals surface area contributed by atoms with E-state index in [0.29, 0.717) is 25.0 Å². The zero-order valence-corrected chi connectivity index (χ0v) is 15.3. The molecule has 2 atom stereocenters. The van der Waals surface area contributed by atoms with Crippen LogP contribution in [-0.2, 0) is 17.5 Å². The van der Waals surface area contributed by atoms with Crippen molar-refractivity contribution in [2.75, 3.05) is 19.7 Å². The Balaban J connectivity index is 1.77. The fraction of sp³-hybridized carbons (Fsp3) is 0.450. The Kier molecular flexibility index (Phi) is 5.44. The van der Waals surface area contributed by atoms with Gasteiger partial charge in [0, 0.05) is 31.7 Å². The van der Waals surface area contributed by atoms with Crippen molar-refractivity contribution in [3.63, 3.8) is 0 Å². The van der Waals surface area contributed by atoms with Gasteiger partial charge in [-0.2, -0.15) is 13.2 Å². The molecule has 1 saturated heterocycles. The SMILES string of the molecule is C[C@@H]1CN(C(=O)CO)C[C@H](C)N1Cc1ccc2cc(C(F)(F)F)ccc2c1. The lowest BCUT2D eigenvalue weighted by molar-refractivity contribution is -0.139. The highest BCUT2D eigenvalue weighted by atomic mass is 19.4. The number of hydrogen-bond acceptors (Lipinski definition) is 3. The predicted molar refractivity (Wildman–Crippen MR) is 97.1 cm³/mol. The van der Waals surface area contributed by atoms with E-state index >= 15 is 0 Å². The van der Waals surface area contributed by atoms with Gasteiger partial charge in [0.05, 0.1) is 5.56 Å². The molecule has 0 saturated carbocycles. The summed E-state index contributed by atoms with van der Waals surface area (Å²) >= 11 is 0. The van der Waals surface area contributed by atoms with Crippen LogP contribution in [0.4, 0.5) is 13.2 Å². The molecule has 0 bridgehead atoms. The van der Waals surface area contributed by atoms with Crippen molar-refractivity contribution >= 4 is 16.7 Å². The van der Waals surface area contributed by atoms with Crippen molar-refractivity contribution in [3.05, 3.63) is 47.5 Å². The monoisotopic (exact) mass is 380 g/mol. The van der Waals surface area contributed by atoms with E-state index in [-0.39, 0.29) is 18.0 Å². The van der Waals surface area contributed by atoms with Gasteiger partial charge in [0.25, 0.3) is 0 Å². The molecule has 146 valence electrons. The largest absolute Gasteiger partial charge is 0.416 e. The van der Waals surface area contributed by atoms with Crippen molar-refractivity contribution in [1.29, 1.82) is 0 Å². The van der Waals surface area contributed by atoms with Gasteiger partial charge in [0.2, 0.25) is 5.91 Å². The van der Waals surface area contributed by atoms with Crippen molar-refractivity contribution in [1.82, 2.24) is 9.80 Å². The van der Waals surface area contributed by atoms with E-state index in [2.05, 4.69) is 4.90 Å². The maximum Gasteiger partial charge on any atom is 0.416 e. The van der Waals surface area contributed by atoms with Crippen LogP contribution in [0.1, 0.15) is 25.0 Å². The summed E-state index contributed by atoms with van der Waals surface area (Å²) in [6, 6.07) is 9.51.